The summed E-state index contributed by atoms with van der Waals surface area (Å²) in [4.78, 5) is 16.7. The summed E-state index contributed by atoms with van der Waals surface area (Å²) in [5.41, 5.74) is 0. The van der Waals surface area contributed by atoms with Crippen molar-refractivity contribution in [3.05, 3.63) is 0 Å². The van der Waals surface area contributed by atoms with Gasteiger partial charge in [-0.2, -0.15) is 0 Å². The summed E-state index contributed by atoms with van der Waals surface area (Å²) in [7, 11) is 0. The Morgan fingerprint density at radius 3 is 1.58 bits per heavy atom. The fraction of sp³-hybridized carbons (Fsp3) is 0.667. The Hall–Kier alpha value is -1.32. The average Bonchev–Trinajstić information content (AvgIpc) is 1.89. The van der Waals surface area contributed by atoms with E-state index in [-0.39, 0.29) is 12.7 Å². The second-order valence-electron chi connectivity index (χ2n) is 1.57. The fourth-order valence-electron chi connectivity index (χ4n) is 0.187. The number of hydrogen-bond donors (Lipinski definition) is 4. The monoisotopic (exact) mass is 176 g/mol. The van der Waals surface area contributed by atoms with Gasteiger partial charge in [-0.25, -0.2) is 20.4 Å². The Bertz CT molecular complexity index is 122. The molecule has 1 unspecified atom stereocenters. The molecule has 1 atom stereocenters. The number of carbonyl (C=O) groups excluding carboxylic acids is 2. The lowest BCUT2D eigenvalue weighted by Gasteiger charge is -1.95. The van der Waals surface area contributed by atoms with Gasteiger partial charge >= 0.3 is 0 Å². The summed E-state index contributed by atoms with van der Waals surface area (Å²) in [6, 6.07) is 0. The first-order valence-electron chi connectivity index (χ1n) is 2.97. The summed E-state index contributed by atoms with van der Waals surface area (Å²) in [6.07, 6.45) is 1.63. The molecule has 0 saturated heterocycles. The van der Waals surface area contributed by atoms with Gasteiger partial charge in [0.25, 0.3) is 0 Å². The second-order valence-corrected chi connectivity index (χ2v) is 1.57. The summed E-state index contributed by atoms with van der Waals surface area (Å²) >= 11 is 0. The number of aliphatic hydroxyl groups is 2. The van der Waals surface area contributed by atoms with Crippen LogP contribution in [0.25, 0.3) is 0 Å². The molecule has 0 radical (unpaired) electrons. The van der Waals surface area contributed by atoms with Crippen LogP contribution in [0.4, 0.5) is 0 Å². The van der Waals surface area contributed by atoms with Crippen molar-refractivity contribution >= 4 is 12.2 Å². The van der Waals surface area contributed by atoms with Crippen molar-refractivity contribution in [1.29, 1.82) is 10.8 Å². The topological polar surface area (TPSA) is 122 Å². The molecule has 0 aliphatic carbocycles. The van der Waals surface area contributed by atoms with Gasteiger partial charge < -0.3 is 10.2 Å². The maximum absolute atomic E-state index is 8.39. The predicted molar refractivity (Wildman–Crippen MR) is 40.2 cm³/mol. The molecule has 12 heavy (non-hydrogen) atoms. The molecule has 0 aliphatic heterocycles. The molecule has 0 saturated carbocycles. The first-order chi connectivity index (χ1) is 5.60. The summed E-state index contributed by atoms with van der Waals surface area (Å²) in [6.45, 7) is 1.73. The highest BCUT2D eigenvalue weighted by molar-refractivity contribution is 5.26. The van der Waals surface area contributed by atoms with E-state index in [1.54, 1.807) is 6.92 Å². The van der Waals surface area contributed by atoms with Crippen molar-refractivity contribution in [1.82, 2.24) is 0 Å². The molecule has 0 aromatic heterocycles. The lowest BCUT2D eigenvalue weighted by atomic mass is 10.3. The maximum Gasteiger partial charge on any atom is 0.231 e. The molecule has 6 heteroatoms. The highest BCUT2D eigenvalue weighted by Gasteiger charge is 1.88. The van der Waals surface area contributed by atoms with Crippen LogP contribution in [0.15, 0.2) is 0 Å². The van der Waals surface area contributed by atoms with Crippen LogP contribution in [0.3, 0.4) is 0 Å². The van der Waals surface area contributed by atoms with E-state index in [0.29, 0.717) is 6.42 Å². The van der Waals surface area contributed by atoms with Gasteiger partial charge in [0.1, 0.15) is 0 Å². The van der Waals surface area contributed by atoms with E-state index in [9.17, 15) is 0 Å². The van der Waals surface area contributed by atoms with Gasteiger partial charge in [-0.3, -0.25) is 0 Å². The number of isocyanates is 2. The minimum atomic E-state index is -0.352. The molecule has 0 fully saturated rings. The molecule has 70 valence electrons. The minimum absolute atomic E-state index is 0.0810. The highest BCUT2D eigenvalue weighted by Crippen LogP contribution is 1.83. The van der Waals surface area contributed by atoms with Crippen LogP contribution in [0.5, 0.6) is 0 Å². The minimum Gasteiger partial charge on any atom is -0.396 e. The SMILES string of the molecule is CC(O)CCO.N=C=O.N=C=O. The van der Waals surface area contributed by atoms with Crippen LogP contribution in [-0.4, -0.2) is 35.1 Å². The van der Waals surface area contributed by atoms with Gasteiger partial charge in [0.05, 0.1) is 6.10 Å². The van der Waals surface area contributed by atoms with Crippen LogP contribution in [0.1, 0.15) is 13.3 Å². The second kappa shape index (κ2) is 22.6. The zero-order chi connectivity index (χ0) is 10.4. The van der Waals surface area contributed by atoms with E-state index in [2.05, 4.69) is 0 Å². The molecule has 0 heterocycles. The molecule has 0 amide bonds. The number of rotatable bonds is 2. The molecule has 0 rings (SSSR count). The van der Waals surface area contributed by atoms with Gasteiger partial charge in [0, 0.05) is 6.61 Å². The van der Waals surface area contributed by atoms with E-state index in [4.69, 9.17) is 30.6 Å². The van der Waals surface area contributed by atoms with Crippen LogP contribution < -0.4 is 0 Å². The van der Waals surface area contributed by atoms with Gasteiger partial charge in [0.2, 0.25) is 12.2 Å². The zero-order valence-corrected chi connectivity index (χ0v) is 6.70. The molecule has 0 aromatic rings. The highest BCUT2D eigenvalue weighted by atomic mass is 16.3. The Labute approximate surface area is 69.9 Å². The maximum atomic E-state index is 8.39. The van der Waals surface area contributed by atoms with E-state index >= 15 is 0 Å². The smallest absolute Gasteiger partial charge is 0.231 e. The van der Waals surface area contributed by atoms with E-state index < -0.39 is 0 Å². The van der Waals surface area contributed by atoms with Crippen molar-refractivity contribution in [2.75, 3.05) is 6.61 Å². The van der Waals surface area contributed by atoms with Gasteiger partial charge in [-0.05, 0) is 13.3 Å². The molecule has 0 aromatic carbocycles. The van der Waals surface area contributed by atoms with Crippen molar-refractivity contribution in [2.45, 2.75) is 19.4 Å². The van der Waals surface area contributed by atoms with Gasteiger partial charge in [0.15, 0.2) is 0 Å². The molecule has 6 nitrogen and oxygen atoms in total. The fourth-order valence-corrected chi connectivity index (χ4v) is 0.187. The quantitative estimate of drug-likeness (QED) is 0.336. The first kappa shape index (κ1) is 17.0. The molecule has 0 bridgehead atoms. The third-order valence-corrected chi connectivity index (χ3v) is 0.547. The van der Waals surface area contributed by atoms with Gasteiger partial charge in [-0.15, -0.1) is 0 Å². The van der Waals surface area contributed by atoms with Gasteiger partial charge in [-0.1, -0.05) is 0 Å². The van der Waals surface area contributed by atoms with Crippen molar-refractivity contribution in [2.24, 2.45) is 0 Å². The van der Waals surface area contributed by atoms with Crippen LogP contribution in [0.2, 0.25) is 0 Å². The summed E-state index contributed by atoms with van der Waals surface area (Å²) in [5, 5.41) is 27.3. The summed E-state index contributed by atoms with van der Waals surface area (Å²) < 4.78 is 0. The van der Waals surface area contributed by atoms with E-state index in [1.807, 2.05) is 0 Å². The summed E-state index contributed by atoms with van der Waals surface area (Å²) in [5.74, 6) is 0. The van der Waals surface area contributed by atoms with Crippen molar-refractivity contribution < 1.29 is 19.8 Å². The number of nitrogens with one attached hydrogen (secondary N) is 2. The normalized spacial score (nSPS) is 8.58. The van der Waals surface area contributed by atoms with Crippen LogP contribution in [0, 0.1) is 10.8 Å². The van der Waals surface area contributed by atoms with Crippen molar-refractivity contribution in [3.63, 3.8) is 0 Å². The van der Waals surface area contributed by atoms with Crippen molar-refractivity contribution in [3.8, 4) is 0 Å². The Kier molecular flexibility index (Phi) is 32.0. The molecule has 0 spiro atoms. The van der Waals surface area contributed by atoms with E-state index in [1.165, 1.54) is 0 Å². The molecule has 4 N–H and O–H groups in total. The first-order valence-corrected chi connectivity index (χ1v) is 2.97. The lowest BCUT2D eigenvalue weighted by Crippen LogP contribution is -2.00. The number of aliphatic hydroxyl groups excluding tert-OH is 2. The third kappa shape index (κ3) is 181. The molecular formula is C6H12N2O4. The predicted octanol–water partition coefficient (Wildman–Crippen LogP) is -0.448. The Balaban J connectivity index is -0.000000115. The Morgan fingerprint density at radius 1 is 1.33 bits per heavy atom. The lowest BCUT2D eigenvalue weighted by molar-refractivity contribution is 0.148. The average molecular weight is 176 g/mol. The largest absolute Gasteiger partial charge is 0.396 e. The molecule has 0 aliphatic rings. The standard InChI is InChI=1S/C4H10O2.2CHNO/c1-4(6)2-3-5;2*2-1-3/h4-6H,2-3H2,1H3;2*2H. The van der Waals surface area contributed by atoms with Crippen LogP contribution in [-0.2, 0) is 9.59 Å². The Morgan fingerprint density at radius 2 is 1.58 bits per heavy atom. The third-order valence-electron chi connectivity index (χ3n) is 0.547. The van der Waals surface area contributed by atoms with E-state index in [0.717, 1.165) is 12.2 Å². The van der Waals surface area contributed by atoms with Crippen LogP contribution >= 0.6 is 0 Å². The molecular weight excluding hydrogens is 164 g/mol. The zero-order valence-electron chi connectivity index (χ0n) is 6.70. The number of hydrogen-bond acceptors (Lipinski definition) is 6.